The minimum atomic E-state index is 0.847. The van der Waals surface area contributed by atoms with Crippen LogP contribution in [0.15, 0.2) is 191 Å². The summed E-state index contributed by atoms with van der Waals surface area (Å²) >= 11 is 1.88. The third kappa shape index (κ3) is 4.52. The van der Waals surface area contributed by atoms with Crippen molar-refractivity contribution >= 4 is 108 Å². The Morgan fingerprint density at radius 1 is 0.298 bits per heavy atom. The van der Waals surface area contributed by atoms with Gasteiger partial charge in [-0.3, -0.25) is 0 Å². The van der Waals surface area contributed by atoms with Crippen molar-refractivity contribution in [3.8, 4) is 33.4 Å². The highest BCUT2D eigenvalue weighted by atomic mass is 32.1. The Morgan fingerprint density at radius 2 is 0.895 bits per heavy atom. The van der Waals surface area contributed by atoms with Gasteiger partial charge in [0.1, 0.15) is 22.3 Å². The Bertz CT molecular complexity index is 3750. The second-order valence-corrected chi connectivity index (χ2v) is 16.2. The summed E-state index contributed by atoms with van der Waals surface area (Å²) in [6.07, 6.45) is 0. The van der Waals surface area contributed by atoms with Gasteiger partial charge in [0.2, 0.25) is 0 Å². The first-order valence-corrected chi connectivity index (χ1v) is 20.2. The number of furan rings is 2. The van der Waals surface area contributed by atoms with Gasteiger partial charge in [-0.1, -0.05) is 133 Å². The average molecular weight is 743 g/mol. The molecule has 264 valence electrons. The summed E-state index contributed by atoms with van der Waals surface area (Å²) in [5, 5.41) is 14.4. The third-order valence-electron chi connectivity index (χ3n) is 12.0. The topological polar surface area (TPSA) is 26.3 Å². The van der Waals surface area contributed by atoms with E-state index in [2.05, 4.69) is 170 Å². The molecule has 0 aliphatic carbocycles. The molecule has 0 saturated carbocycles. The number of rotatable bonds is 3. The highest BCUT2D eigenvalue weighted by molar-refractivity contribution is 7.25. The molecule has 0 atom stereocenters. The van der Waals surface area contributed by atoms with E-state index < -0.39 is 0 Å². The summed E-state index contributed by atoms with van der Waals surface area (Å²) in [6, 6.07) is 66.3. The summed E-state index contributed by atoms with van der Waals surface area (Å²) in [5.74, 6) is 0. The van der Waals surface area contributed by atoms with Crippen LogP contribution in [0.3, 0.4) is 0 Å². The summed E-state index contributed by atoms with van der Waals surface area (Å²) in [4.78, 5) is 0. The van der Waals surface area contributed by atoms with E-state index in [1.807, 2.05) is 23.5 Å². The van der Waals surface area contributed by atoms with Crippen LogP contribution in [0, 0.1) is 0 Å². The van der Waals surface area contributed by atoms with Crippen molar-refractivity contribution in [2.45, 2.75) is 0 Å². The fourth-order valence-corrected chi connectivity index (χ4v) is 10.6. The van der Waals surface area contributed by atoms with Crippen LogP contribution < -0.4 is 0 Å². The maximum atomic E-state index is 6.63. The van der Waals surface area contributed by atoms with Crippen molar-refractivity contribution in [3.05, 3.63) is 182 Å². The predicted molar refractivity (Wildman–Crippen MR) is 243 cm³/mol. The first-order valence-electron chi connectivity index (χ1n) is 19.4. The first-order chi connectivity index (χ1) is 28.2. The largest absolute Gasteiger partial charge is 0.456 e. The fourth-order valence-electron chi connectivity index (χ4n) is 9.43. The van der Waals surface area contributed by atoms with E-state index in [0.29, 0.717) is 0 Å². The maximum Gasteiger partial charge on any atom is 0.147 e. The van der Waals surface area contributed by atoms with Crippen molar-refractivity contribution in [1.29, 1.82) is 0 Å². The molecule has 0 aliphatic heterocycles. The van der Waals surface area contributed by atoms with Crippen LogP contribution in [0.4, 0.5) is 0 Å². The number of para-hydroxylation sites is 1. The fraction of sp³-hybridized carbons (Fsp3) is 0. The normalized spacial score (nSPS) is 12.2. The molecular formula is C54H30O2S. The van der Waals surface area contributed by atoms with Crippen LogP contribution in [0.2, 0.25) is 0 Å². The molecule has 0 aliphatic rings. The van der Waals surface area contributed by atoms with Crippen LogP contribution in [-0.4, -0.2) is 0 Å². The van der Waals surface area contributed by atoms with Crippen molar-refractivity contribution in [2.75, 3.05) is 0 Å². The van der Waals surface area contributed by atoms with E-state index in [-0.39, 0.29) is 0 Å². The second kappa shape index (κ2) is 11.7. The number of fused-ring (bicyclic) bond motifs is 13. The molecule has 2 nitrogen and oxygen atoms in total. The van der Waals surface area contributed by atoms with Crippen molar-refractivity contribution in [3.63, 3.8) is 0 Å². The van der Waals surface area contributed by atoms with Gasteiger partial charge in [0.25, 0.3) is 0 Å². The summed E-state index contributed by atoms with van der Waals surface area (Å²) in [7, 11) is 0. The minimum absolute atomic E-state index is 0.847. The van der Waals surface area contributed by atoms with E-state index >= 15 is 0 Å². The average Bonchev–Trinajstić information content (AvgIpc) is 3.95. The molecular weight excluding hydrogens is 713 g/mol. The van der Waals surface area contributed by atoms with Crippen LogP contribution >= 0.6 is 11.3 Å². The van der Waals surface area contributed by atoms with Crippen LogP contribution in [-0.2, 0) is 0 Å². The summed E-state index contributed by atoms with van der Waals surface area (Å²) in [5.41, 5.74) is 10.9. The van der Waals surface area contributed by atoms with Gasteiger partial charge in [-0.25, -0.2) is 0 Å². The zero-order chi connectivity index (χ0) is 37.2. The van der Waals surface area contributed by atoms with Crippen LogP contribution in [0.5, 0.6) is 0 Å². The van der Waals surface area contributed by atoms with Gasteiger partial charge < -0.3 is 8.83 Å². The van der Waals surface area contributed by atoms with E-state index in [1.54, 1.807) is 0 Å². The SMILES string of the molecule is c1ccc2c(c1)oc1ccc3c4cc5ccc(-c6ccc(-c7c8ccccc8c(-c8ccc9c(c8)sc8ccccc89)c8ccccc78)cc6)cc5cc4oc3c12. The lowest BCUT2D eigenvalue weighted by Crippen LogP contribution is -1.91. The molecule has 10 aromatic carbocycles. The zero-order valence-electron chi connectivity index (χ0n) is 30.5. The van der Waals surface area contributed by atoms with Gasteiger partial charge in [0.15, 0.2) is 0 Å². The molecule has 0 N–H and O–H groups in total. The van der Waals surface area contributed by atoms with Gasteiger partial charge >= 0.3 is 0 Å². The monoisotopic (exact) mass is 742 g/mol. The third-order valence-corrected chi connectivity index (χ3v) is 13.2. The molecule has 13 aromatic rings. The maximum absolute atomic E-state index is 6.63. The molecule has 3 aromatic heterocycles. The van der Waals surface area contributed by atoms with E-state index in [4.69, 9.17) is 8.83 Å². The molecule has 3 heteroatoms. The van der Waals surface area contributed by atoms with Gasteiger partial charge in [-0.05, 0) is 114 Å². The van der Waals surface area contributed by atoms with E-state index in [0.717, 1.165) is 49.3 Å². The van der Waals surface area contributed by atoms with Gasteiger partial charge in [0, 0.05) is 36.3 Å². The Labute approximate surface area is 330 Å². The second-order valence-electron chi connectivity index (χ2n) is 15.2. The lowest BCUT2D eigenvalue weighted by Gasteiger charge is -2.18. The van der Waals surface area contributed by atoms with Gasteiger partial charge in [-0.15, -0.1) is 11.3 Å². The van der Waals surface area contributed by atoms with Crippen LogP contribution in [0.1, 0.15) is 0 Å². The molecule has 13 rings (SSSR count). The van der Waals surface area contributed by atoms with Crippen molar-refractivity contribution < 1.29 is 8.83 Å². The Balaban J connectivity index is 0.925. The molecule has 3 heterocycles. The molecule has 0 saturated heterocycles. The smallest absolute Gasteiger partial charge is 0.147 e. The summed E-state index contributed by atoms with van der Waals surface area (Å²) in [6.45, 7) is 0. The van der Waals surface area contributed by atoms with E-state index in [9.17, 15) is 0 Å². The summed E-state index contributed by atoms with van der Waals surface area (Å²) < 4.78 is 15.4. The van der Waals surface area contributed by atoms with E-state index in [1.165, 1.54) is 80.5 Å². The Hall–Kier alpha value is -7.20. The molecule has 0 unspecified atom stereocenters. The molecule has 0 amide bonds. The standard InChI is InChI=1S/C54H30O2S/c1-3-12-41-39(10-1)51(40-11-2-4-13-42(40)52(41)35-23-24-38-37-9-6-8-16-49(37)57-50(38)30-35)32-19-17-31(18-20-32)33-21-22-34-28-45-43-25-26-47-53(44-14-5-7-15-46(44)55-47)54(43)56-48(45)29-36(34)27-33/h1-30H. The van der Waals surface area contributed by atoms with Crippen molar-refractivity contribution in [1.82, 2.24) is 0 Å². The van der Waals surface area contributed by atoms with Gasteiger partial charge in [-0.2, -0.15) is 0 Å². The zero-order valence-corrected chi connectivity index (χ0v) is 31.4. The lowest BCUT2D eigenvalue weighted by atomic mass is 9.85. The van der Waals surface area contributed by atoms with Crippen molar-refractivity contribution in [2.24, 2.45) is 0 Å². The number of thiophene rings is 1. The molecule has 0 radical (unpaired) electrons. The lowest BCUT2D eigenvalue weighted by molar-refractivity contribution is 0.663. The minimum Gasteiger partial charge on any atom is -0.456 e. The quantitative estimate of drug-likeness (QED) is 0.169. The van der Waals surface area contributed by atoms with Crippen LogP contribution in [0.25, 0.3) is 130 Å². The molecule has 0 fully saturated rings. The highest BCUT2D eigenvalue weighted by Gasteiger charge is 2.19. The van der Waals surface area contributed by atoms with Gasteiger partial charge in [0.05, 0.1) is 5.39 Å². The Morgan fingerprint density at radius 3 is 1.67 bits per heavy atom. The highest BCUT2D eigenvalue weighted by Crippen LogP contribution is 2.46. The molecule has 0 spiro atoms. The number of hydrogen-bond acceptors (Lipinski definition) is 3. The molecule has 57 heavy (non-hydrogen) atoms. The number of hydrogen-bond donors (Lipinski definition) is 0. The first kappa shape index (κ1) is 31.1. The Kier molecular flexibility index (Phi) is 6.35. The predicted octanol–water partition coefficient (Wildman–Crippen LogP) is 16.3. The number of benzene rings is 10. The molecule has 0 bridgehead atoms.